The van der Waals surface area contributed by atoms with Crippen molar-refractivity contribution in [2.24, 2.45) is 17.6 Å². The number of nitrogens with two attached hydrogens (primary N) is 1. The van der Waals surface area contributed by atoms with E-state index in [9.17, 15) is 47.9 Å². The van der Waals surface area contributed by atoms with Crippen molar-refractivity contribution in [1.29, 1.82) is 0 Å². The highest BCUT2D eigenvalue weighted by Crippen LogP contribution is 2.47. The van der Waals surface area contributed by atoms with Crippen LogP contribution >= 0.6 is 15.9 Å². The van der Waals surface area contributed by atoms with Crippen molar-refractivity contribution >= 4 is 108 Å². The number of carbonyl (C=O) groups is 10. The van der Waals surface area contributed by atoms with Crippen LogP contribution in [0.15, 0.2) is 84.9 Å². The highest BCUT2D eigenvalue weighted by molar-refractivity contribution is 9.09. The number of nitrogens with zero attached hydrogens (tertiary/aromatic N) is 5. The molecule has 4 aliphatic rings. The number of hydrogen-bond acceptors (Lipinski definition) is 17. The Morgan fingerprint density at radius 3 is 2.02 bits per heavy atom. The predicted molar refractivity (Wildman–Crippen MR) is 373 cm³/mol. The number of imide groups is 1. The molecule has 98 heavy (non-hydrogen) atoms. The van der Waals surface area contributed by atoms with E-state index in [-0.39, 0.29) is 98.2 Å². The van der Waals surface area contributed by atoms with E-state index in [0.717, 1.165) is 63.8 Å². The molecule has 0 bridgehead atoms. The minimum atomic E-state index is -0.843. The first-order valence-electron chi connectivity index (χ1n) is 33.7. The summed E-state index contributed by atoms with van der Waals surface area (Å²) in [6.45, 7) is 15.5. The lowest BCUT2D eigenvalue weighted by Crippen LogP contribution is -2.48. The molecular weight excluding hydrogens is 1330 g/mol. The second-order valence-electron chi connectivity index (χ2n) is 25.2. The summed E-state index contributed by atoms with van der Waals surface area (Å²) in [6, 6.07) is 20.8. The van der Waals surface area contributed by atoms with Gasteiger partial charge in [-0.05, 0) is 97.8 Å². The average Bonchev–Trinajstić information content (AvgIpc) is 1.56. The minimum Gasteiger partial charge on any atom is -0.444 e. The quantitative estimate of drug-likeness (QED) is 0.0168. The number of likely N-dealkylation sites (N-methyl/N-ethyl adjacent to an activating group) is 1. The number of aromatic amines is 1. The normalized spacial score (nSPS) is 15.7. The average molecular weight is 1420 g/mol. The number of nitrogens with one attached hydrogen (secondary N) is 3. The van der Waals surface area contributed by atoms with Crippen molar-refractivity contribution in [2.75, 3.05) is 127 Å². The number of primary amides is 1. The van der Waals surface area contributed by atoms with Crippen molar-refractivity contribution in [1.82, 2.24) is 30.3 Å². The molecule has 9 rings (SSSR count). The van der Waals surface area contributed by atoms with Crippen LogP contribution in [-0.2, 0) is 71.9 Å². The summed E-state index contributed by atoms with van der Waals surface area (Å²) in [4.78, 5) is 138. The number of aromatic nitrogens is 1. The monoisotopic (exact) mass is 1420 g/mol. The zero-order valence-electron chi connectivity index (χ0n) is 56.7. The van der Waals surface area contributed by atoms with E-state index in [0.29, 0.717) is 137 Å². The summed E-state index contributed by atoms with van der Waals surface area (Å²) < 4.78 is 33.3. The first-order chi connectivity index (χ1) is 47.2. The molecule has 3 atom stereocenters. The Kier molecular flexibility index (Phi) is 28.9. The van der Waals surface area contributed by atoms with Crippen LogP contribution in [0.4, 0.5) is 25.8 Å². The number of carbonyl (C=O) groups excluding carboxylic acids is 10. The van der Waals surface area contributed by atoms with E-state index >= 15 is 0 Å². The van der Waals surface area contributed by atoms with E-state index in [1.54, 1.807) is 39.0 Å². The van der Waals surface area contributed by atoms with Crippen molar-refractivity contribution in [2.45, 2.75) is 104 Å². The fraction of sp³-hybridized carbons (Fsp3) is 0.500. The van der Waals surface area contributed by atoms with Crippen LogP contribution in [0.1, 0.15) is 111 Å². The molecule has 5 N–H and O–H groups in total. The molecule has 26 heteroatoms. The molecular formula is C72H92BrN9O16. The van der Waals surface area contributed by atoms with Crippen LogP contribution in [0.5, 0.6) is 5.75 Å². The van der Waals surface area contributed by atoms with E-state index in [4.69, 9.17) is 34.2 Å². The van der Waals surface area contributed by atoms with Gasteiger partial charge in [0.2, 0.25) is 5.91 Å². The molecule has 1 saturated heterocycles. The van der Waals surface area contributed by atoms with Gasteiger partial charge in [-0.1, -0.05) is 85.2 Å². The molecule has 5 aromatic rings. The molecule has 0 saturated carbocycles. The van der Waals surface area contributed by atoms with Crippen molar-refractivity contribution in [3.63, 3.8) is 0 Å². The Balaban J connectivity index is 0.000000381. The van der Waals surface area contributed by atoms with Gasteiger partial charge in [-0.3, -0.25) is 38.6 Å². The number of ether oxygens (including phenoxy) is 6. The molecule has 8 amide bonds. The second kappa shape index (κ2) is 37.5. The summed E-state index contributed by atoms with van der Waals surface area (Å²) in [7, 11) is 2.03. The molecule has 25 nitrogen and oxygen atoms in total. The second-order valence-corrected chi connectivity index (χ2v) is 25.8. The maximum atomic E-state index is 14.6. The van der Waals surface area contributed by atoms with Crippen molar-refractivity contribution in [3.8, 4) is 5.75 Å². The number of piperazine rings is 1. The highest BCUT2D eigenvalue weighted by Gasteiger charge is 2.38. The number of Topliss-reactive ketones (excluding diaryl/α,β-unsaturated/α-hetero) is 3. The molecule has 0 radical (unpaired) electrons. The lowest BCUT2D eigenvalue weighted by Gasteiger charge is -2.31. The van der Waals surface area contributed by atoms with Crippen LogP contribution in [0.25, 0.3) is 21.7 Å². The van der Waals surface area contributed by atoms with E-state index in [1.165, 1.54) is 19.1 Å². The molecule has 1 fully saturated rings. The minimum absolute atomic E-state index is 0.00553. The van der Waals surface area contributed by atoms with Gasteiger partial charge in [0.05, 0.1) is 57.1 Å². The fourth-order valence-electron chi connectivity index (χ4n) is 12.2. The van der Waals surface area contributed by atoms with Gasteiger partial charge < -0.3 is 69.3 Å². The number of hydrogen-bond donors (Lipinski definition) is 4. The number of halogens is 1. The third-order valence-corrected chi connectivity index (χ3v) is 18.3. The standard InChI is InChI=1S/C53H61BrN8O9.C19H31NO7/c1-31(2)39(24-32(3)63)49(65)58-42(10-7-18-56-51(55)67)46(64)25-33-11-13-34(14-12-33)30-70-53(69)61-19-17-36-40-26-43(57-41(40)15-16-44(36)61)50(66)62-29-35(28-54)48-38-9-6-5-8-37(38)47(27-45(48)62)71-52(68)60-22-20-59(4)21-23-60;1-2-9-24-11-13-26-15-16-27-14-12-25-10-3-4-17(21)7-8-20-18(22)5-6-19(20)23/h5-6,8-9,11-16,26-27,31,35,39,42,57H,7,10,17-25,28-30H2,1-4H3,(H,58,65)(H3,55,56,67);5-6H,2-4,7-16H2,1H3/t35-,39+,42+;/m1./s1. The van der Waals surface area contributed by atoms with Crippen molar-refractivity contribution < 1.29 is 76.4 Å². The van der Waals surface area contributed by atoms with E-state index in [2.05, 4.69) is 43.4 Å². The summed E-state index contributed by atoms with van der Waals surface area (Å²) >= 11 is 3.70. The first kappa shape index (κ1) is 75.4. The SMILES string of the molecule is CC(=O)C[C@H](C(=O)N[C@@H](CCCNC(N)=O)C(=O)Cc1ccc(COC(=O)N2CCc3c2ccc2[nH]c(C(=O)N4C[C@@H](CBr)c5c4cc(OC(=O)N4CCN(C)CC4)c4ccccc54)cc32)cc1)C(C)C.CCCOCCOCCOCCOCCCC(=O)CCN1C(=O)C=CC1=O. The van der Waals surface area contributed by atoms with Gasteiger partial charge in [0.25, 0.3) is 17.7 Å². The number of anilines is 2. The molecule has 0 spiro atoms. The maximum Gasteiger partial charge on any atom is 0.415 e. The third-order valence-electron chi connectivity index (χ3n) is 17.5. The number of alkyl halides is 1. The molecule has 1 aromatic heterocycles. The summed E-state index contributed by atoms with van der Waals surface area (Å²) in [6.07, 6.45) is 4.99. The summed E-state index contributed by atoms with van der Waals surface area (Å²) in [5.74, 6) is -1.93. The Morgan fingerprint density at radius 2 is 1.38 bits per heavy atom. The van der Waals surface area contributed by atoms with Gasteiger partial charge in [-0.15, -0.1) is 0 Å². The largest absolute Gasteiger partial charge is 0.444 e. The fourth-order valence-corrected chi connectivity index (χ4v) is 12.7. The number of urea groups is 1. The Morgan fingerprint density at radius 1 is 0.724 bits per heavy atom. The number of fused-ring (bicyclic) bond motifs is 6. The highest BCUT2D eigenvalue weighted by atomic mass is 79.9. The Hall–Kier alpha value is -8.40. The van der Waals surface area contributed by atoms with Crippen LogP contribution in [0.3, 0.4) is 0 Å². The molecule has 5 heterocycles. The Bertz CT molecular complexity index is 3640. The topological polar surface area (TPSA) is 308 Å². The van der Waals surface area contributed by atoms with Crippen LogP contribution in [0, 0.1) is 11.8 Å². The summed E-state index contributed by atoms with van der Waals surface area (Å²) in [5.41, 5.74) is 11.1. The zero-order chi connectivity index (χ0) is 70.3. The number of amides is 8. The predicted octanol–water partition coefficient (Wildman–Crippen LogP) is 8.33. The van der Waals surface area contributed by atoms with Gasteiger partial charge in [-0.25, -0.2) is 14.4 Å². The van der Waals surface area contributed by atoms with Gasteiger partial charge in [0.1, 0.15) is 29.6 Å². The number of rotatable bonds is 35. The molecule has 528 valence electrons. The van der Waals surface area contributed by atoms with Gasteiger partial charge in [0, 0.05) is 143 Å². The molecule has 4 aliphatic heterocycles. The van der Waals surface area contributed by atoms with Gasteiger partial charge in [0.15, 0.2) is 5.78 Å². The van der Waals surface area contributed by atoms with Gasteiger partial charge in [-0.2, -0.15) is 0 Å². The summed E-state index contributed by atoms with van der Waals surface area (Å²) in [5, 5.41) is 8.57. The van der Waals surface area contributed by atoms with E-state index in [1.807, 2.05) is 69.4 Å². The number of benzene rings is 4. The lowest BCUT2D eigenvalue weighted by atomic mass is 9.89. The molecule has 0 aliphatic carbocycles. The number of H-pyrrole nitrogens is 1. The number of ketones is 3. The van der Waals surface area contributed by atoms with Crippen LogP contribution < -0.4 is 30.9 Å². The first-order valence-corrected chi connectivity index (χ1v) is 34.8. The van der Waals surface area contributed by atoms with Gasteiger partial charge >= 0.3 is 18.2 Å². The van der Waals surface area contributed by atoms with Crippen LogP contribution in [-0.4, -0.2) is 203 Å². The van der Waals surface area contributed by atoms with Crippen molar-refractivity contribution in [3.05, 3.63) is 113 Å². The van der Waals surface area contributed by atoms with Crippen LogP contribution in [0.2, 0.25) is 0 Å². The van der Waals surface area contributed by atoms with E-state index < -0.39 is 30.2 Å². The third kappa shape index (κ3) is 21.1. The smallest absolute Gasteiger partial charge is 0.415 e. The maximum absolute atomic E-state index is 14.6. The Labute approximate surface area is 579 Å². The lowest BCUT2D eigenvalue weighted by molar-refractivity contribution is -0.137. The zero-order valence-corrected chi connectivity index (χ0v) is 58.3. The molecule has 4 aromatic carbocycles. The molecule has 0 unspecified atom stereocenters.